The molecule has 1 aliphatic carbocycles. The number of nitrogens with two attached hydrogens (primary N) is 1. The average molecular weight is 247 g/mol. The summed E-state index contributed by atoms with van der Waals surface area (Å²) in [6.07, 6.45) is 1.07. The number of hydrogen-bond acceptors (Lipinski definition) is 1. The molecule has 2 atom stereocenters. The first-order valence-corrected chi connectivity index (χ1v) is 5.06. The lowest BCUT2D eigenvalue weighted by Crippen LogP contribution is -2.01. The van der Waals surface area contributed by atoms with Crippen LogP contribution in [0.5, 0.6) is 0 Å². The second kappa shape index (κ2) is 3.02. The Bertz CT molecular complexity index is 313. The molecule has 1 aromatic rings. The normalized spacial score (nSPS) is 27.2. The minimum atomic E-state index is 0.316. The van der Waals surface area contributed by atoms with Gasteiger partial charge in [0.1, 0.15) is 0 Å². The molecule has 2 N–H and O–H groups in total. The molecule has 0 aromatic heterocycles. The van der Waals surface area contributed by atoms with Crippen LogP contribution in [0.4, 0.5) is 0 Å². The summed E-state index contributed by atoms with van der Waals surface area (Å²) >= 11 is 9.43. The van der Waals surface area contributed by atoms with E-state index in [9.17, 15) is 0 Å². The number of halogens is 2. The molecule has 1 aliphatic rings. The standard InChI is InChI=1S/C9H9BrClN/c10-5-1-2-8(11)6(3-5)7-4-9(7)12/h1-3,7,9H,4,12H2. The number of rotatable bonds is 1. The van der Waals surface area contributed by atoms with Crippen molar-refractivity contribution >= 4 is 27.5 Å². The topological polar surface area (TPSA) is 26.0 Å². The van der Waals surface area contributed by atoms with Crippen molar-refractivity contribution < 1.29 is 0 Å². The summed E-state index contributed by atoms with van der Waals surface area (Å²) < 4.78 is 1.07. The predicted molar refractivity (Wildman–Crippen MR) is 54.5 cm³/mol. The molecule has 2 rings (SSSR count). The Balaban J connectivity index is 2.36. The van der Waals surface area contributed by atoms with Gasteiger partial charge in [-0.05, 0) is 30.2 Å². The van der Waals surface area contributed by atoms with Gasteiger partial charge in [0.15, 0.2) is 0 Å². The molecular formula is C9H9BrClN. The van der Waals surface area contributed by atoms with Gasteiger partial charge in [-0.15, -0.1) is 0 Å². The van der Waals surface area contributed by atoms with Crippen molar-refractivity contribution in [2.24, 2.45) is 5.73 Å². The highest BCUT2D eigenvalue weighted by atomic mass is 79.9. The van der Waals surface area contributed by atoms with E-state index in [-0.39, 0.29) is 0 Å². The first kappa shape index (κ1) is 8.54. The summed E-state index contributed by atoms with van der Waals surface area (Å²) in [5, 5.41) is 0.830. The Hall–Kier alpha value is -0.0500. The van der Waals surface area contributed by atoms with Gasteiger partial charge in [0.2, 0.25) is 0 Å². The summed E-state index contributed by atoms with van der Waals surface area (Å²) in [6.45, 7) is 0. The van der Waals surface area contributed by atoms with E-state index in [1.165, 1.54) is 5.56 Å². The lowest BCUT2D eigenvalue weighted by Gasteiger charge is -2.02. The fourth-order valence-corrected chi connectivity index (χ4v) is 2.01. The van der Waals surface area contributed by atoms with E-state index < -0.39 is 0 Å². The van der Waals surface area contributed by atoms with Crippen molar-refractivity contribution in [2.75, 3.05) is 0 Å². The second-order valence-electron chi connectivity index (χ2n) is 3.17. The molecule has 0 spiro atoms. The number of benzene rings is 1. The van der Waals surface area contributed by atoms with E-state index in [0.29, 0.717) is 12.0 Å². The Kier molecular flexibility index (Phi) is 2.15. The van der Waals surface area contributed by atoms with Crippen LogP contribution in [0.3, 0.4) is 0 Å². The van der Waals surface area contributed by atoms with E-state index in [2.05, 4.69) is 22.0 Å². The molecule has 0 bridgehead atoms. The van der Waals surface area contributed by atoms with E-state index in [4.69, 9.17) is 17.3 Å². The van der Waals surface area contributed by atoms with Crippen molar-refractivity contribution in [1.29, 1.82) is 0 Å². The molecule has 1 nitrogen and oxygen atoms in total. The smallest absolute Gasteiger partial charge is 0.0442 e. The SMILES string of the molecule is NC1CC1c1cc(Br)ccc1Cl. The Morgan fingerprint density at radius 1 is 1.50 bits per heavy atom. The van der Waals surface area contributed by atoms with Crippen LogP contribution in [0, 0.1) is 0 Å². The van der Waals surface area contributed by atoms with Crippen molar-refractivity contribution in [1.82, 2.24) is 0 Å². The molecule has 0 aliphatic heterocycles. The van der Waals surface area contributed by atoms with Gasteiger partial charge in [-0.3, -0.25) is 0 Å². The zero-order valence-corrected chi connectivity index (χ0v) is 8.77. The van der Waals surface area contributed by atoms with Crippen LogP contribution in [-0.2, 0) is 0 Å². The van der Waals surface area contributed by atoms with Gasteiger partial charge in [-0.2, -0.15) is 0 Å². The van der Waals surface area contributed by atoms with Crippen molar-refractivity contribution in [3.05, 3.63) is 33.3 Å². The molecule has 0 radical (unpaired) electrons. The molecule has 1 saturated carbocycles. The van der Waals surface area contributed by atoms with Gasteiger partial charge >= 0.3 is 0 Å². The van der Waals surface area contributed by atoms with Gasteiger partial charge in [0, 0.05) is 21.5 Å². The van der Waals surface area contributed by atoms with E-state index in [0.717, 1.165) is 15.9 Å². The zero-order valence-electron chi connectivity index (χ0n) is 6.43. The van der Waals surface area contributed by atoms with Gasteiger partial charge in [-0.1, -0.05) is 27.5 Å². The summed E-state index contributed by atoms with van der Waals surface area (Å²) in [7, 11) is 0. The van der Waals surface area contributed by atoms with Crippen LogP contribution >= 0.6 is 27.5 Å². The van der Waals surface area contributed by atoms with Crippen LogP contribution < -0.4 is 5.73 Å². The minimum absolute atomic E-state index is 0.316. The van der Waals surface area contributed by atoms with Crippen molar-refractivity contribution in [3.63, 3.8) is 0 Å². The van der Waals surface area contributed by atoms with Gasteiger partial charge in [0.25, 0.3) is 0 Å². The zero-order chi connectivity index (χ0) is 8.72. The van der Waals surface area contributed by atoms with E-state index >= 15 is 0 Å². The molecule has 1 aromatic carbocycles. The summed E-state index contributed by atoms with van der Waals surface area (Å²) in [6, 6.07) is 6.22. The third-order valence-electron chi connectivity index (χ3n) is 2.20. The Morgan fingerprint density at radius 3 is 2.75 bits per heavy atom. The van der Waals surface area contributed by atoms with Crippen molar-refractivity contribution in [2.45, 2.75) is 18.4 Å². The third-order valence-corrected chi connectivity index (χ3v) is 3.03. The molecule has 0 heterocycles. The highest BCUT2D eigenvalue weighted by molar-refractivity contribution is 9.10. The van der Waals surface area contributed by atoms with Crippen LogP contribution in [0.1, 0.15) is 17.9 Å². The third kappa shape index (κ3) is 1.51. The van der Waals surface area contributed by atoms with Gasteiger partial charge < -0.3 is 5.73 Å². The molecule has 0 amide bonds. The largest absolute Gasteiger partial charge is 0.327 e. The van der Waals surface area contributed by atoms with Crippen LogP contribution in [0.15, 0.2) is 22.7 Å². The monoisotopic (exact) mass is 245 g/mol. The fraction of sp³-hybridized carbons (Fsp3) is 0.333. The summed E-state index contributed by atoms with van der Waals surface area (Å²) in [5.41, 5.74) is 6.92. The van der Waals surface area contributed by atoms with Crippen LogP contribution in [0.2, 0.25) is 5.02 Å². The summed E-state index contributed by atoms with van der Waals surface area (Å²) in [4.78, 5) is 0. The molecular weight excluding hydrogens is 237 g/mol. The van der Waals surface area contributed by atoms with Crippen molar-refractivity contribution in [3.8, 4) is 0 Å². The maximum atomic E-state index is 6.02. The minimum Gasteiger partial charge on any atom is -0.327 e. The van der Waals surface area contributed by atoms with Gasteiger partial charge in [0.05, 0.1) is 0 Å². The maximum Gasteiger partial charge on any atom is 0.0442 e. The quantitative estimate of drug-likeness (QED) is 0.810. The predicted octanol–water partition coefficient (Wildman–Crippen LogP) is 2.92. The first-order valence-electron chi connectivity index (χ1n) is 3.89. The molecule has 3 heteroatoms. The highest BCUT2D eigenvalue weighted by Crippen LogP contribution is 2.42. The van der Waals surface area contributed by atoms with Crippen LogP contribution in [0.25, 0.3) is 0 Å². The molecule has 64 valence electrons. The Morgan fingerprint density at radius 2 is 2.17 bits per heavy atom. The molecule has 0 saturated heterocycles. The maximum absolute atomic E-state index is 6.02. The summed E-state index contributed by atoms with van der Waals surface area (Å²) in [5.74, 6) is 0.481. The van der Waals surface area contributed by atoms with Gasteiger partial charge in [-0.25, -0.2) is 0 Å². The number of hydrogen-bond donors (Lipinski definition) is 1. The molecule has 12 heavy (non-hydrogen) atoms. The lowest BCUT2D eigenvalue weighted by molar-refractivity contribution is 0.990. The van der Waals surface area contributed by atoms with E-state index in [1.807, 2.05) is 12.1 Å². The lowest BCUT2D eigenvalue weighted by atomic mass is 10.1. The fourth-order valence-electron chi connectivity index (χ4n) is 1.37. The first-order chi connectivity index (χ1) is 5.68. The molecule has 1 fully saturated rings. The Labute approximate surface area is 85.0 Å². The average Bonchev–Trinajstić information content (AvgIpc) is 2.73. The van der Waals surface area contributed by atoms with E-state index in [1.54, 1.807) is 0 Å². The highest BCUT2D eigenvalue weighted by Gasteiger charge is 2.36. The molecule has 2 unspecified atom stereocenters. The second-order valence-corrected chi connectivity index (χ2v) is 4.49. The van der Waals surface area contributed by atoms with Crippen LogP contribution in [-0.4, -0.2) is 6.04 Å².